The van der Waals surface area contributed by atoms with Crippen molar-refractivity contribution in [1.82, 2.24) is 0 Å². The van der Waals surface area contributed by atoms with Gasteiger partial charge >= 0.3 is 6.36 Å². The van der Waals surface area contributed by atoms with Crippen molar-refractivity contribution in [2.24, 2.45) is 0 Å². The summed E-state index contributed by atoms with van der Waals surface area (Å²) in [6, 6.07) is 6.63. The second-order valence-electron chi connectivity index (χ2n) is 3.52. The van der Waals surface area contributed by atoms with Gasteiger partial charge in [-0.1, -0.05) is 22.0 Å². The fraction of sp³-hybridized carbons (Fsp3) is 0.400. The summed E-state index contributed by atoms with van der Waals surface area (Å²) in [4.78, 5) is 0. The van der Waals surface area contributed by atoms with Gasteiger partial charge in [0.1, 0.15) is 5.75 Å². The molecule has 1 aliphatic rings. The maximum atomic E-state index is 12.1. The summed E-state index contributed by atoms with van der Waals surface area (Å²) in [6.45, 7) is 0. The third kappa shape index (κ3) is 3.12. The third-order valence-corrected chi connectivity index (χ3v) is 2.55. The lowest BCUT2D eigenvalue weighted by Crippen LogP contribution is -2.30. The maximum absolute atomic E-state index is 12.1. The molecule has 0 radical (unpaired) electrons. The molecule has 0 heterocycles. The molecule has 1 fully saturated rings. The number of hydrogen-bond donors (Lipinski definition) is 0. The number of halogens is 4. The first kappa shape index (κ1) is 11.7. The van der Waals surface area contributed by atoms with Crippen LogP contribution in [0, 0.1) is 0 Å². The Morgan fingerprint density at radius 3 is 2.44 bits per heavy atom. The molecule has 0 spiro atoms. The Morgan fingerprint density at radius 2 is 1.94 bits per heavy atom. The van der Waals surface area contributed by atoms with E-state index in [0.29, 0.717) is 5.75 Å². The molecule has 0 bridgehead atoms. The summed E-state index contributed by atoms with van der Waals surface area (Å²) in [5.74, 6) is -1.16. The van der Waals surface area contributed by atoms with Gasteiger partial charge in [-0.25, -0.2) is 4.74 Å². The summed E-state index contributed by atoms with van der Waals surface area (Å²) in [7, 11) is 0. The molecule has 2 rings (SSSR count). The molecule has 88 valence electrons. The van der Waals surface area contributed by atoms with Gasteiger partial charge in [0.15, 0.2) is 0 Å². The van der Waals surface area contributed by atoms with Crippen LogP contribution in [0.15, 0.2) is 28.7 Å². The monoisotopic (exact) mass is 296 g/mol. The van der Waals surface area contributed by atoms with Crippen LogP contribution in [-0.2, 0) is 4.74 Å². The van der Waals surface area contributed by atoms with E-state index in [9.17, 15) is 13.2 Å². The summed E-state index contributed by atoms with van der Waals surface area (Å²) in [6.07, 6.45) is -4.17. The highest BCUT2D eigenvalue weighted by atomic mass is 79.9. The Morgan fingerprint density at radius 1 is 1.25 bits per heavy atom. The van der Waals surface area contributed by atoms with Crippen LogP contribution in [0.2, 0.25) is 0 Å². The predicted octanol–water partition coefficient (Wildman–Crippen LogP) is 3.85. The van der Waals surface area contributed by atoms with Crippen molar-refractivity contribution in [3.8, 4) is 5.75 Å². The van der Waals surface area contributed by atoms with Crippen LogP contribution in [0.25, 0.3) is 0 Å². The van der Waals surface area contributed by atoms with Crippen LogP contribution >= 0.6 is 15.9 Å². The lowest BCUT2D eigenvalue weighted by atomic mass is 10.3. The Labute approximate surface area is 98.5 Å². The lowest BCUT2D eigenvalue weighted by molar-refractivity contribution is -0.376. The van der Waals surface area contributed by atoms with Crippen LogP contribution in [0.4, 0.5) is 13.2 Å². The molecule has 1 aromatic carbocycles. The lowest BCUT2D eigenvalue weighted by Gasteiger charge is -2.19. The van der Waals surface area contributed by atoms with Gasteiger partial charge in [0.25, 0.3) is 0 Å². The van der Waals surface area contributed by atoms with Crippen molar-refractivity contribution in [2.75, 3.05) is 0 Å². The first-order valence-corrected chi connectivity index (χ1v) is 5.39. The molecule has 0 saturated heterocycles. The highest BCUT2D eigenvalue weighted by molar-refractivity contribution is 9.10. The van der Waals surface area contributed by atoms with Crippen LogP contribution in [-0.4, -0.2) is 12.1 Å². The SMILES string of the molecule is FC(F)(F)OC1(Oc2cccc(Br)c2)CC1. The Balaban J connectivity index is 2.04. The van der Waals surface area contributed by atoms with E-state index in [-0.39, 0.29) is 12.8 Å². The fourth-order valence-electron chi connectivity index (χ4n) is 1.28. The number of benzene rings is 1. The highest BCUT2D eigenvalue weighted by Gasteiger charge is 2.55. The molecular formula is C10H8BrF3O2. The quantitative estimate of drug-likeness (QED) is 0.789. The van der Waals surface area contributed by atoms with Crippen molar-refractivity contribution in [1.29, 1.82) is 0 Å². The second-order valence-corrected chi connectivity index (χ2v) is 4.43. The molecule has 0 aromatic heterocycles. The molecular weight excluding hydrogens is 289 g/mol. The summed E-state index contributed by atoms with van der Waals surface area (Å²) < 4.78 is 46.1. The number of rotatable bonds is 3. The van der Waals surface area contributed by atoms with E-state index in [1.165, 1.54) is 0 Å². The predicted molar refractivity (Wildman–Crippen MR) is 53.9 cm³/mol. The number of hydrogen-bond acceptors (Lipinski definition) is 2. The normalized spacial score (nSPS) is 18.2. The van der Waals surface area contributed by atoms with Crippen molar-refractivity contribution < 1.29 is 22.6 Å². The van der Waals surface area contributed by atoms with Crippen LogP contribution in [0.5, 0.6) is 5.75 Å². The van der Waals surface area contributed by atoms with E-state index in [1.54, 1.807) is 24.3 Å². The van der Waals surface area contributed by atoms with Crippen LogP contribution in [0.1, 0.15) is 12.8 Å². The highest BCUT2D eigenvalue weighted by Crippen LogP contribution is 2.45. The fourth-order valence-corrected chi connectivity index (χ4v) is 1.66. The average molecular weight is 297 g/mol. The van der Waals surface area contributed by atoms with Gasteiger partial charge in [-0.05, 0) is 18.2 Å². The molecule has 0 amide bonds. The molecule has 2 nitrogen and oxygen atoms in total. The third-order valence-electron chi connectivity index (χ3n) is 2.06. The zero-order valence-corrected chi connectivity index (χ0v) is 9.64. The van der Waals surface area contributed by atoms with E-state index in [1.807, 2.05) is 0 Å². The van der Waals surface area contributed by atoms with Crippen molar-refractivity contribution in [2.45, 2.75) is 25.0 Å². The molecule has 16 heavy (non-hydrogen) atoms. The maximum Gasteiger partial charge on any atom is 0.525 e. The molecule has 1 aromatic rings. The van der Waals surface area contributed by atoms with Crippen molar-refractivity contribution >= 4 is 15.9 Å². The largest absolute Gasteiger partial charge is 0.525 e. The minimum absolute atomic E-state index is 0.249. The molecule has 0 aliphatic heterocycles. The van der Waals surface area contributed by atoms with Crippen LogP contribution in [0.3, 0.4) is 0 Å². The Bertz CT molecular complexity index is 388. The summed E-state index contributed by atoms with van der Waals surface area (Å²) >= 11 is 3.21. The minimum Gasteiger partial charge on any atom is -0.462 e. The summed E-state index contributed by atoms with van der Waals surface area (Å²) in [5, 5.41) is 0. The van der Waals surface area contributed by atoms with Crippen molar-refractivity contribution in [3.05, 3.63) is 28.7 Å². The number of ether oxygens (including phenoxy) is 2. The van der Waals surface area contributed by atoms with Gasteiger partial charge in [-0.2, -0.15) is 0 Å². The van der Waals surface area contributed by atoms with Gasteiger partial charge in [-0.3, -0.25) is 0 Å². The molecule has 1 saturated carbocycles. The first-order chi connectivity index (χ1) is 7.39. The van der Waals surface area contributed by atoms with E-state index >= 15 is 0 Å². The van der Waals surface area contributed by atoms with E-state index in [4.69, 9.17) is 4.74 Å². The van der Waals surface area contributed by atoms with Gasteiger partial charge in [0.05, 0.1) is 0 Å². The molecule has 1 aliphatic carbocycles. The van der Waals surface area contributed by atoms with Gasteiger partial charge in [0, 0.05) is 17.3 Å². The zero-order valence-electron chi connectivity index (χ0n) is 8.05. The van der Waals surface area contributed by atoms with E-state index < -0.39 is 12.1 Å². The number of alkyl halides is 3. The Kier molecular flexibility index (Phi) is 2.88. The van der Waals surface area contributed by atoms with E-state index in [2.05, 4.69) is 20.7 Å². The molecule has 0 unspecified atom stereocenters. The minimum atomic E-state index is -4.66. The first-order valence-electron chi connectivity index (χ1n) is 4.60. The average Bonchev–Trinajstić information content (AvgIpc) is 2.81. The van der Waals surface area contributed by atoms with Gasteiger partial charge in [-0.15, -0.1) is 13.2 Å². The smallest absolute Gasteiger partial charge is 0.462 e. The standard InChI is InChI=1S/C10H8BrF3O2/c11-7-2-1-3-8(6-7)15-9(4-5-9)16-10(12,13)14/h1-3,6H,4-5H2. The molecule has 6 heteroatoms. The summed E-state index contributed by atoms with van der Waals surface area (Å²) in [5.41, 5.74) is 0. The topological polar surface area (TPSA) is 18.5 Å². The van der Waals surface area contributed by atoms with Crippen molar-refractivity contribution in [3.63, 3.8) is 0 Å². The van der Waals surface area contributed by atoms with Crippen LogP contribution < -0.4 is 4.74 Å². The second kappa shape index (κ2) is 3.92. The van der Waals surface area contributed by atoms with Gasteiger partial charge < -0.3 is 4.74 Å². The van der Waals surface area contributed by atoms with Gasteiger partial charge in [0.2, 0.25) is 5.79 Å². The zero-order chi connectivity index (χ0) is 11.8. The molecule has 0 atom stereocenters. The van der Waals surface area contributed by atoms with E-state index in [0.717, 1.165) is 4.47 Å². The Hall–Kier alpha value is -0.750. The molecule has 0 N–H and O–H groups in total.